The van der Waals surface area contributed by atoms with Gasteiger partial charge in [0.1, 0.15) is 0 Å². The van der Waals surface area contributed by atoms with E-state index in [1.807, 2.05) is 0 Å². The molecule has 0 aromatic rings. The van der Waals surface area contributed by atoms with Gasteiger partial charge in [-0.05, 0) is 6.42 Å². The van der Waals surface area contributed by atoms with Crippen molar-refractivity contribution in [3.8, 4) is 0 Å². The van der Waals surface area contributed by atoms with Gasteiger partial charge in [-0.25, -0.2) is 9.79 Å². The van der Waals surface area contributed by atoms with Gasteiger partial charge >= 0.3 is 0 Å². The molecule has 0 aliphatic carbocycles. The second kappa shape index (κ2) is 9.16. The molecule has 88 valence electrons. The number of aliphatic imine (C=N–C) groups is 1. The summed E-state index contributed by atoms with van der Waals surface area (Å²) in [6, 6.07) is 0. The number of nitrogens with zero attached hydrogens (tertiary/aromatic N) is 1. The number of isocyanates is 1. The Morgan fingerprint density at radius 3 is 1.93 bits per heavy atom. The molecule has 15 heavy (non-hydrogen) atoms. The first-order valence-electron chi connectivity index (χ1n) is 4.75. The van der Waals surface area contributed by atoms with E-state index in [-0.39, 0.29) is 4.28 Å². The lowest BCUT2D eigenvalue weighted by atomic mass is 10.5. The third kappa shape index (κ3) is 6.15. The molecule has 0 saturated carbocycles. The zero-order valence-corrected chi connectivity index (χ0v) is 13.9. The molecule has 0 heterocycles. The molecule has 8 heteroatoms. The third-order valence-electron chi connectivity index (χ3n) is 2.17. The van der Waals surface area contributed by atoms with Crippen LogP contribution in [0.4, 0.5) is 0 Å². The average molecular weight is 265 g/mol. The number of carbonyl (C=O) groups excluding carboxylic acids is 1. The fraction of sp³-hybridized carbons (Fsp3) is 0.857. The van der Waals surface area contributed by atoms with Crippen LogP contribution in [0.5, 0.6) is 0 Å². The van der Waals surface area contributed by atoms with Crippen LogP contribution in [-0.4, -0.2) is 63.2 Å². The molecule has 0 rings (SSSR count). The van der Waals surface area contributed by atoms with Gasteiger partial charge in [0.05, 0.1) is 6.54 Å². The van der Waals surface area contributed by atoms with Gasteiger partial charge in [-0.2, -0.15) is 0 Å². The van der Waals surface area contributed by atoms with Crippen molar-refractivity contribution in [2.24, 2.45) is 4.99 Å². The maximum Gasteiger partial charge on any atom is 0.234 e. The molecule has 0 spiro atoms. The molecule has 0 amide bonds. The standard InChI is InChI=1S/C7H19NO4Si3/c1-10-13-7(14-11-2,15-12-3)4-5-8-6-9/h4-5,13-15H2,1-3H3. The molecule has 0 atom stereocenters. The molecule has 0 aromatic carbocycles. The quantitative estimate of drug-likeness (QED) is 0.274. The van der Waals surface area contributed by atoms with Crippen molar-refractivity contribution in [2.75, 3.05) is 27.9 Å². The Bertz CT molecular complexity index is 193. The number of hydrogen-bond donors (Lipinski definition) is 0. The van der Waals surface area contributed by atoms with E-state index in [0.717, 1.165) is 6.42 Å². The lowest BCUT2D eigenvalue weighted by Gasteiger charge is -2.29. The van der Waals surface area contributed by atoms with Crippen molar-refractivity contribution >= 4 is 35.4 Å². The van der Waals surface area contributed by atoms with Crippen LogP contribution in [0.15, 0.2) is 4.99 Å². The molecule has 0 radical (unpaired) electrons. The minimum Gasteiger partial charge on any atom is -0.427 e. The summed E-state index contributed by atoms with van der Waals surface area (Å²) >= 11 is 0. The molecule has 0 N–H and O–H groups in total. The minimum absolute atomic E-state index is 0.179. The van der Waals surface area contributed by atoms with E-state index >= 15 is 0 Å². The van der Waals surface area contributed by atoms with E-state index in [1.165, 1.54) is 0 Å². The van der Waals surface area contributed by atoms with Gasteiger partial charge < -0.3 is 13.3 Å². The van der Waals surface area contributed by atoms with E-state index in [9.17, 15) is 4.79 Å². The highest BCUT2D eigenvalue weighted by molar-refractivity contribution is 6.74. The maximum absolute atomic E-state index is 10.0. The highest BCUT2D eigenvalue weighted by Gasteiger charge is 2.32. The average Bonchev–Trinajstić information content (AvgIpc) is 2.19. The highest BCUT2D eigenvalue weighted by atomic mass is 28.4. The zero-order chi connectivity index (χ0) is 11.6. The molecule has 0 bridgehead atoms. The smallest absolute Gasteiger partial charge is 0.234 e. The van der Waals surface area contributed by atoms with E-state index in [2.05, 4.69) is 4.99 Å². The Morgan fingerprint density at radius 1 is 1.13 bits per heavy atom. The highest BCUT2D eigenvalue weighted by Crippen LogP contribution is 2.26. The fourth-order valence-electron chi connectivity index (χ4n) is 1.60. The lowest BCUT2D eigenvalue weighted by molar-refractivity contribution is 0.384. The van der Waals surface area contributed by atoms with Crippen LogP contribution in [-0.2, 0) is 18.1 Å². The predicted octanol–water partition coefficient (Wildman–Crippen LogP) is -2.02. The summed E-state index contributed by atoms with van der Waals surface area (Å²) in [6.45, 7) is 0.520. The summed E-state index contributed by atoms with van der Waals surface area (Å²) in [5.41, 5.74) is 0. The van der Waals surface area contributed by atoms with Gasteiger partial charge in [0.25, 0.3) is 0 Å². The van der Waals surface area contributed by atoms with Crippen LogP contribution < -0.4 is 0 Å². The Hall–Kier alpha value is -0.0894. The summed E-state index contributed by atoms with van der Waals surface area (Å²) in [4.78, 5) is 13.6. The topological polar surface area (TPSA) is 57.1 Å². The normalized spacial score (nSPS) is 16.7. The van der Waals surface area contributed by atoms with E-state index in [4.69, 9.17) is 13.3 Å². The Kier molecular flexibility index (Phi) is 9.10. The van der Waals surface area contributed by atoms with Crippen LogP contribution >= 0.6 is 0 Å². The first-order valence-corrected chi connectivity index (χ1v) is 8.60. The molecule has 0 fully saturated rings. The van der Waals surface area contributed by atoms with Gasteiger partial charge in [-0.3, -0.25) is 0 Å². The van der Waals surface area contributed by atoms with Crippen molar-refractivity contribution in [1.29, 1.82) is 0 Å². The third-order valence-corrected chi connectivity index (χ3v) is 9.61. The molecular formula is C7H19NO4Si3. The van der Waals surface area contributed by atoms with Crippen molar-refractivity contribution in [3.63, 3.8) is 0 Å². The maximum atomic E-state index is 10.0. The van der Waals surface area contributed by atoms with Gasteiger partial charge in [0.15, 0.2) is 29.3 Å². The fourth-order valence-corrected chi connectivity index (χ4v) is 9.02. The van der Waals surface area contributed by atoms with Crippen LogP contribution in [0.3, 0.4) is 0 Å². The zero-order valence-electron chi connectivity index (χ0n) is 9.62. The molecule has 0 aliphatic rings. The Balaban J connectivity index is 4.36. The number of hydrogen-bond acceptors (Lipinski definition) is 5. The van der Waals surface area contributed by atoms with Gasteiger partial charge in [-0.1, -0.05) is 0 Å². The minimum atomic E-state index is -0.637. The van der Waals surface area contributed by atoms with Crippen molar-refractivity contribution in [2.45, 2.75) is 10.7 Å². The molecule has 0 saturated heterocycles. The second-order valence-electron chi connectivity index (χ2n) is 3.52. The van der Waals surface area contributed by atoms with E-state index < -0.39 is 29.3 Å². The van der Waals surface area contributed by atoms with Crippen molar-refractivity contribution in [1.82, 2.24) is 0 Å². The summed E-state index contributed by atoms with van der Waals surface area (Å²) in [5, 5.41) is 0. The van der Waals surface area contributed by atoms with Crippen molar-refractivity contribution in [3.05, 3.63) is 0 Å². The van der Waals surface area contributed by atoms with E-state index in [1.54, 1.807) is 27.4 Å². The Labute approximate surface area is 97.4 Å². The van der Waals surface area contributed by atoms with Crippen LogP contribution in [0.25, 0.3) is 0 Å². The van der Waals surface area contributed by atoms with Crippen molar-refractivity contribution < 1.29 is 18.1 Å². The SMILES string of the molecule is CO[SiH2]C(CCN=C=O)([SiH2]OC)[SiH2]OC. The van der Waals surface area contributed by atoms with Crippen LogP contribution in [0, 0.1) is 0 Å². The summed E-state index contributed by atoms with van der Waals surface area (Å²) in [7, 11) is 3.29. The van der Waals surface area contributed by atoms with Crippen LogP contribution in [0.2, 0.25) is 4.28 Å². The van der Waals surface area contributed by atoms with Gasteiger partial charge in [0, 0.05) is 25.6 Å². The van der Waals surface area contributed by atoms with Gasteiger partial charge in [-0.15, -0.1) is 0 Å². The van der Waals surface area contributed by atoms with E-state index in [0.29, 0.717) is 6.54 Å². The molecule has 5 nitrogen and oxygen atoms in total. The number of rotatable bonds is 9. The largest absolute Gasteiger partial charge is 0.427 e. The summed E-state index contributed by atoms with van der Waals surface area (Å²) in [5.74, 6) is 0. The molecule has 0 aromatic heterocycles. The van der Waals surface area contributed by atoms with Gasteiger partial charge in [0.2, 0.25) is 6.08 Å². The monoisotopic (exact) mass is 265 g/mol. The molecule has 0 aliphatic heterocycles. The first kappa shape index (κ1) is 14.9. The predicted molar refractivity (Wildman–Crippen MR) is 67.0 cm³/mol. The molecular weight excluding hydrogens is 246 g/mol. The molecule has 0 unspecified atom stereocenters. The first-order chi connectivity index (χ1) is 7.24. The lowest BCUT2D eigenvalue weighted by Crippen LogP contribution is -2.37. The summed E-state index contributed by atoms with van der Waals surface area (Å²) in [6.07, 6.45) is 2.43. The second-order valence-corrected chi connectivity index (χ2v) is 13.6. The summed E-state index contributed by atoms with van der Waals surface area (Å²) < 4.78 is 16.2. The Morgan fingerprint density at radius 2 is 1.60 bits per heavy atom. The van der Waals surface area contributed by atoms with Crippen LogP contribution in [0.1, 0.15) is 6.42 Å².